The number of carbonyl (C=O) groups is 2. The Kier molecular flexibility index (Phi) is 5.32. The lowest BCUT2D eigenvalue weighted by molar-refractivity contribution is -0.133. The number of tetrazole rings is 1. The van der Waals surface area contributed by atoms with Crippen molar-refractivity contribution >= 4 is 11.8 Å². The average Bonchev–Trinajstić information content (AvgIpc) is 3.41. The van der Waals surface area contributed by atoms with Gasteiger partial charge in [-0.05, 0) is 22.4 Å². The van der Waals surface area contributed by atoms with Crippen LogP contribution in [0.15, 0.2) is 42.9 Å². The standard InChI is InChI=1S/C19H22N8O2/c1-2-15-12-25(9-8-17(28)26(15)11-14-6-4-3-5-7-14)19(29)16-10-20-22-18(16)27-13-21-23-24-27/h3-7,10,13,15H,2,8-9,11-12H2,1H3,(H,20,22). The van der Waals surface area contributed by atoms with Gasteiger partial charge in [0.25, 0.3) is 5.91 Å². The van der Waals surface area contributed by atoms with Crippen molar-refractivity contribution in [2.45, 2.75) is 32.4 Å². The fraction of sp³-hybridized carbons (Fsp3) is 0.368. The molecule has 1 aliphatic heterocycles. The molecule has 0 aliphatic carbocycles. The van der Waals surface area contributed by atoms with Gasteiger partial charge in [0.15, 0.2) is 5.82 Å². The summed E-state index contributed by atoms with van der Waals surface area (Å²) in [5.74, 6) is 0.269. The maximum Gasteiger partial charge on any atom is 0.259 e. The molecule has 10 nitrogen and oxygen atoms in total. The Morgan fingerprint density at radius 3 is 2.83 bits per heavy atom. The topological polar surface area (TPSA) is 113 Å². The first-order chi connectivity index (χ1) is 14.2. The molecule has 150 valence electrons. The quantitative estimate of drug-likeness (QED) is 0.692. The number of nitrogens with one attached hydrogen (secondary N) is 1. The molecular formula is C19H22N8O2. The van der Waals surface area contributed by atoms with Gasteiger partial charge in [-0.3, -0.25) is 14.7 Å². The summed E-state index contributed by atoms with van der Waals surface area (Å²) in [7, 11) is 0. The third kappa shape index (κ3) is 3.86. The van der Waals surface area contributed by atoms with Crippen LogP contribution >= 0.6 is 0 Å². The molecule has 3 aromatic rings. The number of H-pyrrole nitrogens is 1. The molecule has 1 atom stereocenters. The molecule has 4 rings (SSSR count). The van der Waals surface area contributed by atoms with Gasteiger partial charge in [0, 0.05) is 32.1 Å². The molecular weight excluding hydrogens is 372 g/mol. The van der Waals surface area contributed by atoms with E-state index in [0.29, 0.717) is 31.0 Å². The Morgan fingerprint density at radius 2 is 2.10 bits per heavy atom. The molecule has 2 amide bonds. The van der Waals surface area contributed by atoms with Gasteiger partial charge in [-0.15, -0.1) is 5.10 Å². The van der Waals surface area contributed by atoms with E-state index < -0.39 is 0 Å². The van der Waals surface area contributed by atoms with Crippen molar-refractivity contribution in [2.75, 3.05) is 13.1 Å². The number of hydrogen-bond acceptors (Lipinski definition) is 6. The van der Waals surface area contributed by atoms with Crippen molar-refractivity contribution in [3.8, 4) is 5.82 Å². The molecule has 1 N–H and O–H groups in total. The highest BCUT2D eigenvalue weighted by atomic mass is 16.2. The normalized spacial score (nSPS) is 17.4. The first-order valence-electron chi connectivity index (χ1n) is 9.56. The molecule has 0 spiro atoms. The minimum atomic E-state index is -0.197. The maximum absolute atomic E-state index is 13.2. The molecule has 10 heteroatoms. The highest BCUT2D eigenvalue weighted by Gasteiger charge is 2.32. The summed E-state index contributed by atoms with van der Waals surface area (Å²) >= 11 is 0. The van der Waals surface area contributed by atoms with Gasteiger partial charge in [0.1, 0.15) is 11.9 Å². The molecule has 0 saturated carbocycles. The van der Waals surface area contributed by atoms with Crippen molar-refractivity contribution in [3.63, 3.8) is 0 Å². The molecule has 1 saturated heterocycles. The molecule has 1 aromatic carbocycles. The van der Waals surface area contributed by atoms with E-state index in [-0.39, 0.29) is 24.3 Å². The molecule has 0 bridgehead atoms. The monoisotopic (exact) mass is 394 g/mol. The van der Waals surface area contributed by atoms with Gasteiger partial charge < -0.3 is 9.80 Å². The predicted octanol–water partition coefficient (Wildman–Crippen LogP) is 1.04. The van der Waals surface area contributed by atoms with Crippen LogP contribution in [0.4, 0.5) is 0 Å². The van der Waals surface area contributed by atoms with E-state index in [1.807, 2.05) is 42.2 Å². The minimum absolute atomic E-state index is 0.0578. The second-order valence-electron chi connectivity index (χ2n) is 6.96. The van der Waals surface area contributed by atoms with Crippen LogP contribution in [0.2, 0.25) is 0 Å². The van der Waals surface area contributed by atoms with Crippen molar-refractivity contribution in [3.05, 3.63) is 54.0 Å². The maximum atomic E-state index is 13.2. The fourth-order valence-electron chi connectivity index (χ4n) is 3.60. The zero-order valence-corrected chi connectivity index (χ0v) is 16.1. The van der Waals surface area contributed by atoms with Crippen LogP contribution in [0, 0.1) is 0 Å². The van der Waals surface area contributed by atoms with Gasteiger partial charge in [0.05, 0.1) is 6.20 Å². The summed E-state index contributed by atoms with van der Waals surface area (Å²) in [5.41, 5.74) is 1.45. The first-order valence-corrected chi connectivity index (χ1v) is 9.56. The van der Waals surface area contributed by atoms with Crippen molar-refractivity contribution in [1.29, 1.82) is 0 Å². The fourth-order valence-corrected chi connectivity index (χ4v) is 3.60. The molecule has 1 fully saturated rings. The van der Waals surface area contributed by atoms with E-state index in [4.69, 9.17) is 0 Å². The van der Waals surface area contributed by atoms with Crippen LogP contribution in [0.5, 0.6) is 0 Å². The molecule has 0 radical (unpaired) electrons. The van der Waals surface area contributed by atoms with E-state index in [2.05, 4.69) is 25.7 Å². The highest BCUT2D eigenvalue weighted by Crippen LogP contribution is 2.20. The zero-order chi connectivity index (χ0) is 20.2. The third-order valence-electron chi connectivity index (χ3n) is 5.17. The minimum Gasteiger partial charge on any atom is -0.336 e. The van der Waals surface area contributed by atoms with Crippen molar-refractivity contribution < 1.29 is 9.59 Å². The lowest BCUT2D eigenvalue weighted by Crippen LogP contribution is -2.43. The highest BCUT2D eigenvalue weighted by molar-refractivity contribution is 5.97. The molecule has 29 heavy (non-hydrogen) atoms. The second kappa shape index (κ2) is 8.21. The van der Waals surface area contributed by atoms with Gasteiger partial charge in [0.2, 0.25) is 5.91 Å². The van der Waals surface area contributed by atoms with E-state index >= 15 is 0 Å². The van der Waals surface area contributed by atoms with E-state index in [1.54, 1.807) is 4.90 Å². The lowest BCUT2D eigenvalue weighted by atomic mass is 10.1. The summed E-state index contributed by atoms with van der Waals surface area (Å²) in [4.78, 5) is 29.7. The summed E-state index contributed by atoms with van der Waals surface area (Å²) in [6.45, 7) is 3.41. The van der Waals surface area contributed by atoms with Gasteiger partial charge in [-0.1, -0.05) is 37.3 Å². The lowest BCUT2D eigenvalue weighted by Gasteiger charge is -2.31. The van der Waals surface area contributed by atoms with E-state index in [9.17, 15) is 9.59 Å². The molecule has 3 heterocycles. The number of benzene rings is 1. The number of nitrogens with zero attached hydrogens (tertiary/aromatic N) is 7. The summed E-state index contributed by atoms with van der Waals surface area (Å²) in [6.07, 6.45) is 3.90. The Bertz CT molecular complexity index is 969. The Hall–Kier alpha value is -3.56. The van der Waals surface area contributed by atoms with Crippen molar-refractivity contribution in [2.24, 2.45) is 0 Å². The Labute approximate surface area is 167 Å². The summed E-state index contributed by atoms with van der Waals surface area (Å²) < 4.78 is 1.36. The summed E-state index contributed by atoms with van der Waals surface area (Å²) in [6, 6.07) is 9.85. The van der Waals surface area contributed by atoms with E-state index in [1.165, 1.54) is 17.2 Å². The van der Waals surface area contributed by atoms with Gasteiger partial charge in [-0.2, -0.15) is 9.78 Å². The number of hydrogen-bond donors (Lipinski definition) is 1. The van der Waals surface area contributed by atoms with Crippen LogP contribution < -0.4 is 0 Å². The molecule has 2 aromatic heterocycles. The van der Waals surface area contributed by atoms with Crippen LogP contribution in [-0.4, -0.2) is 71.2 Å². The molecule has 1 aliphatic rings. The zero-order valence-electron chi connectivity index (χ0n) is 16.1. The average molecular weight is 394 g/mol. The Morgan fingerprint density at radius 1 is 1.28 bits per heavy atom. The Balaban J connectivity index is 1.55. The van der Waals surface area contributed by atoms with Crippen LogP contribution in [0.25, 0.3) is 5.82 Å². The second-order valence-corrected chi connectivity index (χ2v) is 6.96. The number of aromatic nitrogens is 6. The SMILES string of the molecule is CCC1CN(C(=O)c2cn[nH]c2-n2cnnn2)CCC(=O)N1Cc1ccccc1. The van der Waals surface area contributed by atoms with Crippen LogP contribution in [0.3, 0.4) is 0 Å². The number of aromatic amines is 1. The third-order valence-corrected chi connectivity index (χ3v) is 5.17. The predicted molar refractivity (Wildman–Crippen MR) is 103 cm³/mol. The van der Waals surface area contributed by atoms with Crippen LogP contribution in [0.1, 0.15) is 35.7 Å². The van der Waals surface area contributed by atoms with Crippen LogP contribution in [-0.2, 0) is 11.3 Å². The van der Waals surface area contributed by atoms with E-state index in [0.717, 1.165) is 12.0 Å². The van der Waals surface area contributed by atoms with Crippen molar-refractivity contribution in [1.82, 2.24) is 40.2 Å². The number of rotatable bonds is 5. The molecule has 1 unspecified atom stereocenters. The first kappa shape index (κ1) is 18.8. The van der Waals surface area contributed by atoms with Gasteiger partial charge >= 0.3 is 0 Å². The number of carbonyl (C=O) groups excluding carboxylic acids is 2. The smallest absolute Gasteiger partial charge is 0.259 e. The summed E-state index contributed by atoms with van der Waals surface area (Å²) in [5, 5.41) is 17.8. The van der Waals surface area contributed by atoms with Gasteiger partial charge in [-0.25, -0.2) is 0 Å². The largest absolute Gasteiger partial charge is 0.336 e. The number of amides is 2.